The lowest BCUT2D eigenvalue weighted by Crippen LogP contribution is -2.37. The first kappa shape index (κ1) is 17.5. The normalized spacial score (nSPS) is 12.5. The van der Waals surface area contributed by atoms with E-state index in [0.29, 0.717) is 13.0 Å². The lowest BCUT2D eigenvalue weighted by Gasteiger charge is -2.27. The molecule has 0 saturated heterocycles. The summed E-state index contributed by atoms with van der Waals surface area (Å²) < 4.78 is 5.30. The maximum absolute atomic E-state index is 11.1. The van der Waals surface area contributed by atoms with Gasteiger partial charge in [-0.3, -0.25) is 4.79 Å². The first-order valence-electron chi connectivity index (χ1n) is 7.06. The van der Waals surface area contributed by atoms with Crippen molar-refractivity contribution in [2.24, 2.45) is 0 Å². The molecule has 0 heterocycles. The van der Waals surface area contributed by atoms with Crippen molar-refractivity contribution in [3.8, 4) is 5.75 Å². The van der Waals surface area contributed by atoms with Gasteiger partial charge in [-0.1, -0.05) is 6.07 Å². The summed E-state index contributed by atoms with van der Waals surface area (Å²) in [4.78, 5) is 12.9. The zero-order valence-corrected chi connectivity index (χ0v) is 13.2. The van der Waals surface area contributed by atoms with Crippen molar-refractivity contribution in [3.63, 3.8) is 0 Å². The number of methoxy groups -OCH3 is 1. The van der Waals surface area contributed by atoms with Crippen LogP contribution in [0, 0.1) is 13.8 Å². The standard InChI is InChI=1S/C16H25NO4/c1-11-8-15(21-4)12(2)7-13(11)9-14(10-16(19)20)17(3)5-6-18/h7-8,14,18H,5-6,9-10H2,1-4H3,(H,19,20). The van der Waals surface area contributed by atoms with E-state index in [4.69, 9.17) is 14.9 Å². The fourth-order valence-corrected chi connectivity index (χ4v) is 2.47. The molecular formula is C16H25NO4. The number of nitrogens with zero attached hydrogens (tertiary/aromatic N) is 1. The lowest BCUT2D eigenvalue weighted by molar-refractivity contribution is -0.138. The highest BCUT2D eigenvalue weighted by Gasteiger charge is 2.20. The summed E-state index contributed by atoms with van der Waals surface area (Å²) in [6.07, 6.45) is 0.695. The third-order valence-electron chi connectivity index (χ3n) is 3.80. The van der Waals surface area contributed by atoms with E-state index in [1.807, 2.05) is 31.9 Å². The number of rotatable bonds is 8. The molecule has 0 saturated carbocycles. The number of carboxylic acid groups (broad SMARTS) is 1. The van der Waals surface area contributed by atoms with Crippen molar-refractivity contribution < 1.29 is 19.7 Å². The van der Waals surface area contributed by atoms with Gasteiger partial charge in [0.1, 0.15) is 5.75 Å². The number of carbonyl (C=O) groups is 1. The van der Waals surface area contributed by atoms with Gasteiger partial charge < -0.3 is 19.8 Å². The minimum absolute atomic E-state index is 0.0211. The molecule has 0 aliphatic heterocycles. The Labute approximate surface area is 126 Å². The Morgan fingerprint density at radius 2 is 2.00 bits per heavy atom. The van der Waals surface area contributed by atoms with Gasteiger partial charge in [0.2, 0.25) is 0 Å². The van der Waals surface area contributed by atoms with Crippen molar-refractivity contribution in [3.05, 3.63) is 28.8 Å². The number of aliphatic hydroxyl groups is 1. The van der Waals surface area contributed by atoms with E-state index in [1.54, 1.807) is 7.11 Å². The summed E-state index contributed by atoms with van der Waals surface area (Å²) in [5, 5.41) is 18.1. The topological polar surface area (TPSA) is 70.0 Å². The molecule has 0 spiro atoms. The predicted molar refractivity (Wildman–Crippen MR) is 81.9 cm³/mol. The number of aliphatic carboxylic acids is 1. The van der Waals surface area contributed by atoms with Crippen LogP contribution in [-0.4, -0.2) is 54.4 Å². The zero-order chi connectivity index (χ0) is 16.0. The highest BCUT2D eigenvalue weighted by Crippen LogP contribution is 2.24. The summed E-state index contributed by atoms with van der Waals surface area (Å²) >= 11 is 0. The van der Waals surface area contributed by atoms with Crippen LogP contribution in [0.15, 0.2) is 12.1 Å². The first-order chi connectivity index (χ1) is 9.88. The van der Waals surface area contributed by atoms with Crippen molar-refractivity contribution in [2.45, 2.75) is 32.7 Å². The molecule has 1 atom stereocenters. The first-order valence-corrected chi connectivity index (χ1v) is 7.06. The van der Waals surface area contributed by atoms with E-state index in [0.717, 1.165) is 22.4 Å². The van der Waals surface area contributed by atoms with Crippen molar-refractivity contribution in [1.82, 2.24) is 4.90 Å². The molecule has 2 N–H and O–H groups in total. The molecule has 1 aromatic carbocycles. The molecule has 0 aromatic heterocycles. The minimum Gasteiger partial charge on any atom is -0.496 e. The summed E-state index contributed by atoms with van der Waals surface area (Å²) in [6.45, 7) is 4.46. The molecule has 118 valence electrons. The van der Waals surface area contributed by atoms with Crippen LogP contribution in [0.2, 0.25) is 0 Å². The maximum Gasteiger partial charge on any atom is 0.304 e. The number of carboxylic acids is 1. The molecule has 5 nitrogen and oxygen atoms in total. The van der Waals surface area contributed by atoms with E-state index in [9.17, 15) is 4.79 Å². The number of likely N-dealkylation sites (N-methyl/N-ethyl adjacent to an activating group) is 1. The Bertz CT molecular complexity index is 487. The molecule has 0 amide bonds. The molecule has 0 radical (unpaired) electrons. The van der Waals surface area contributed by atoms with Crippen molar-refractivity contribution in [1.29, 1.82) is 0 Å². The number of aryl methyl sites for hydroxylation is 2. The second-order valence-electron chi connectivity index (χ2n) is 5.41. The summed E-state index contributed by atoms with van der Waals surface area (Å²) in [5.74, 6) is 0.0161. The summed E-state index contributed by atoms with van der Waals surface area (Å²) in [7, 11) is 3.49. The quantitative estimate of drug-likeness (QED) is 0.762. The number of ether oxygens (including phenoxy) is 1. The molecule has 0 aliphatic rings. The summed E-state index contributed by atoms with van der Waals surface area (Å²) in [6, 6.07) is 3.89. The van der Waals surface area contributed by atoms with Crippen molar-refractivity contribution in [2.75, 3.05) is 27.3 Å². The van der Waals surface area contributed by atoms with Gasteiger partial charge in [-0.2, -0.15) is 0 Å². The Balaban J connectivity index is 2.97. The Morgan fingerprint density at radius 3 is 2.52 bits per heavy atom. The number of hydrogen-bond donors (Lipinski definition) is 2. The third kappa shape index (κ3) is 5.02. The molecule has 0 bridgehead atoms. The number of benzene rings is 1. The van der Waals surface area contributed by atoms with Gasteiger partial charge in [-0.15, -0.1) is 0 Å². The minimum atomic E-state index is -0.826. The van der Waals surface area contributed by atoms with Crippen molar-refractivity contribution >= 4 is 5.97 Å². The molecule has 0 aliphatic carbocycles. The molecule has 1 unspecified atom stereocenters. The van der Waals surface area contributed by atoms with Crippen LogP contribution in [0.5, 0.6) is 5.75 Å². The molecular weight excluding hydrogens is 270 g/mol. The maximum atomic E-state index is 11.1. The average Bonchev–Trinajstić information content (AvgIpc) is 2.41. The van der Waals surface area contributed by atoms with Crippen LogP contribution >= 0.6 is 0 Å². The van der Waals surface area contributed by atoms with E-state index >= 15 is 0 Å². The largest absolute Gasteiger partial charge is 0.496 e. The molecule has 21 heavy (non-hydrogen) atoms. The summed E-state index contributed by atoms with van der Waals surface area (Å²) in [5.41, 5.74) is 3.24. The van der Waals surface area contributed by atoms with Gasteiger partial charge in [-0.25, -0.2) is 0 Å². The van der Waals surface area contributed by atoms with Crippen LogP contribution in [0.1, 0.15) is 23.1 Å². The third-order valence-corrected chi connectivity index (χ3v) is 3.80. The number of aliphatic hydroxyl groups excluding tert-OH is 1. The zero-order valence-electron chi connectivity index (χ0n) is 13.2. The highest BCUT2D eigenvalue weighted by atomic mass is 16.5. The second-order valence-corrected chi connectivity index (χ2v) is 5.41. The van der Waals surface area contributed by atoms with Gasteiger partial charge in [0, 0.05) is 12.6 Å². The van der Waals surface area contributed by atoms with Crippen LogP contribution in [0.3, 0.4) is 0 Å². The van der Waals surface area contributed by atoms with Crippen LogP contribution < -0.4 is 4.74 Å². The molecule has 0 fully saturated rings. The monoisotopic (exact) mass is 295 g/mol. The van der Waals surface area contributed by atoms with Crippen LogP contribution in [-0.2, 0) is 11.2 Å². The van der Waals surface area contributed by atoms with E-state index in [2.05, 4.69) is 6.07 Å². The van der Waals surface area contributed by atoms with Gasteiger partial charge in [-0.05, 0) is 50.1 Å². The average molecular weight is 295 g/mol. The Morgan fingerprint density at radius 1 is 1.33 bits per heavy atom. The van der Waals surface area contributed by atoms with Gasteiger partial charge >= 0.3 is 5.97 Å². The van der Waals surface area contributed by atoms with Crippen LogP contribution in [0.25, 0.3) is 0 Å². The fourth-order valence-electron chi connectivity index (χ4n) is 2.47. The van der Waals surface area contributed by atoms with E-state index < -0.39 is 5.97 Å². The van der Waals surface area contributed by atoms with Crippen LogP contribution in [0.4, 0.5) is 0 Å². The Hall–Kier alpha value is -1.59. The molecule has 1 rings (SSSR count). The predicted octanol–water partition coefficient (Wildman–Crippen LogP) is 1.62. The van der Waals surface area contributed by atoms with Gasteiger partial charge in [0.15, 0.2) is 0 Å². The Kier molecular flexibility index (Phi) is 6.65. The number of hydrogen-bond acceptors (Lipinski definition) is 4. The second kappa shape index (κ2) is 8.00. The lowest BCUT2D eigenvalue weighted by atomic mass is 9.96. The molecule has 1 aromatic rings. The molecule has 5 heteroatoms. The van der Waals surface area contributed by atoms with Gasteiger partial charge in [0.25, 0.3) is 0 Å². The smallest absolute Gasteiger partial charge is 0.304 e. The highest BCUT2D eigenvalue weighted by molar-refractivity contribution is 5.67. The van der Waals surface area contributed by atoms with E-state index in [1.165, 1.54) is 0 Å². The van der Waals surface area contributed by atoms with E-state index in [-0.39, 0.29) is 19.1 Å². The SMILES string of the molecule is COc1cc(C)c(CC(CC(=O)O)N(C)CCO)cc1C. The van der Waals surface area contributed by atoms with Gasteiger partial charge in [0.05, 0.1) is 20.1 Å². The fraction of sp³-hybridized carbons (Fsp3) is 0.562.